The summed E-state index contributed by atoms with van der Waals surface area (Å²) in [6, 6.07) is -0.623. The van der Waals surface area contributed by atoms with Gasteiger partial charge in [-0.05, 0) is 44.9 Å². The summed E-state index contributed by atoms with van der Waals surface area (Å²) >= 11 is 0. The van der Waals surface area contributed by atoms with Crippen molar-refractivity contribution in [3.8, 4) is 0 Å². The standard InChI is InChI=1S/C53H103NO3/c1-3-5-7-9-11-13-15-17-19-21-22-23-24-25-26-27-28-29-30-31-33-34-36-38-40-42-44-46-48-52(56)51(50-55)54-53(57)49-47-45-43-41-39-37-35-32-20-18-16-14-12-10-8-6-4-2/h18,20,46,48,51-52,55-56H,3-17,19,21-45,47,49-50H2,1-2H3,(H,54,57)/b20-18-,48-46+. The van der Waals surface area contributed by atoms with Crippen molar-refractivity contribution in [2.45, 2.75) is 302 Å². The minimum Gasteiger partial charge on any atom is -0.394 e. The van der Waals surface area contributed by atoms with Crippen LogP contribution in [-0.4, -0.2) is 34.9 Å². The molecule has 338 valence electrons. The second-order valence-corrected chi connectivity index (χ2v) is 17.9. The summed E-state index contributed by atoms with van der Waals surface area (Å²) < 4.78 is 0. The molecular weight excluding hydrogens is 699 g/mol. The number of aliphatic hydroxyl groups is 2. The van der Waals surface area contributed by atoms with Crippen molar-refractivity contribution in [2.24, 2.45) is 0 Å². The van der Waals surface area contributed by atoms with Crippen LogP contribution >= 0.6 is 0 Å². The largest absolute Gasteiger partial charge is 0.394 e. The van der Waals surface area contributed by atoms with Crippen molar-refractivity contribution in [2.75, 3.05) is 6.61 Å². The lowest BCUT2D eigenvalue weighted by Crippen LogP contribution is -2.45. The van der Waals surface area contributed by atoms with Crippen molar-refractivity contribution in [1.82, 2.24) is 5.32 Å². The van der Waals surface area contributed by atoms with Crippen LogP contribution in [0.1, 0.15) is 290 Å². The monoisotopic (exact) mass is 802 g/mol. The Hall–Kier alpha value is -1.13. The minimum absolute atomic E-state index is 0.0651. The average molecular weight is 802 g/mol. The van der Waals surface area contributed by atoms with Gasteiger partial charge in [0.2, 0.25) is 5.91 Å². The molecule has 0 aromatic rings. The van der Waals surface area contributed by atoms with Crippen molar-refractivity contribution in [3.63, 3.8) is 0 Å². The third kappa shape index (κ3) is 45.8. The van der Waals surface area contributed by atoms with Crippen molar-refractivity contribution >= 4 is 5.91 Å². The molecule has 0 aromatic carbocycles. The Bertz CT molecular complexity index is 825. The molecule has 0 aliphatic rings. The van der Waals surface area contributed by atoms with Crippen LogP contribution in [0, 0.1) is 0 Å². The summed E-state index contributed by atoms with van der Waals surface area (Å²) in [4.78, 5) is 12.4. The first-order valence-corrected chi connectivity index (χ1v) is 26.1. The Morgan fingerprint density at radius 3 is 0.965 bits per heavy atom. The molecule has 2 atom stereocenters. The summed E-state index contributed by atoms with van der Waals surface area (Å²) in [5.74, 6) is -0.0651. The van der Waals surface area contributed by atoms with Gasteiger partial charge in [0.15, 0.2) is 0 Å². The molecule has 4 nitrogen and oxygen atoms in total. The lowest BCUT2D eigenvalue weighted by atomic mass is 10.0. The van der Waals surface area contributed by atoms with Crippen molar-refractivity contribution in [1.29, 1.82) is 0 Å². The molecule has 4 heteroatoms. The minimum atomic E-state index is -0.839. The highest BCUT2D eigenvalue weighted by Crippen LogP contribution is 2.17. The van der Waals surface area contributed by atoms with Gasteiger partial charge in [-0.3, -0.25) is 4.79 Å². The molecule has 0 radical (unpaired) electrons. The van der Waals surface area contributed by atoms with Gasteiger partial charge in [0, 0.05) is 6.42 Å². The van der Waals surface area contributed by atoms with Crippen LogP contribution in [0.4, 0.5) is 0 Å². The zero-order valence-corrected chi connectivity index (χ0v) is 38.9. The predicted octanol–water partition coefficient (Wildman–Crippen LogP) is 16.8. The molecule has 0 saturated heterocycles. The number of carbonyl (C=O) groups excluding carboxylic acids is 1. The topological polar surface area (TPSA) is 69.6 Å². The van der Waals surface area contributed by atoms with E-state index >= 15 is 0 Å². The van der Waals surface area contributed by atoms with E-state index in [1.165, 1.54) is 244 Å². The molecule has 0 bridgehead atoms. The van der Waals surface area contributed by atoms with Gasteiger partial charge in [0.25, 0.3) is 0 Å². The molecule has 57 heavy (non-hydrogen) atoms. The smallest absolute Gasteiger partial charge is 0.220 e. The maximum absolute atomic E-state index is 12.4. The lowest BCUT2D eigenvalue weighted by molar-refractivity contribution is -0.123. The Morgan fingerprint density at radius 1 is 0.404 bits per heavy atom. The van der Waals surface area contributed by atoms with Crippen LogP contribution in [0.15, 0.2) is 24.3 Å². The van der Waals surface area contributed by atoms with Crippen LogP contribution in [-0.2, 0) is 4.79 Å². The second-order valence-electron chi connectivity index (χ2n) is 17.9. The number of unbranched alkanes of at least 4 members (excludes halogenated alkanes) is 39. The van der Waals surface area contributed by atoms with Gasteiger partial charge in [-0.1, -0.05) is 263 Å². The Kier molecular flexibility index (Phi) is 48.3. The molecule has 0 aromatic heterocycles. The molecule has 2 unspecified atom stereocenters. The van der Waals surface area contributed by atoms with E-state index in [-0.39, 0.29) is 12.5 Å². The Labute approximate surface area is 358 Å². The SMILES string of the molecule is CCCCCCCC/C=C\CCCCCCCCCC(=O)NC(CO)C(O)/C=C/CCCCCCCCCCCCCCCCCCCCCCCCCCCC. The van der Waals surface area contributed by atoms with Gasteiger partial charge >= 0.3 is 0 Å². The quantitative estimate of drug-likeness (QED) is 0.0424. The van der Waals surface area contributed by atoms with E-state index in [0.29, 0.717) is 6.42 Å². The fourth-order valence-electron chi connectivity index (χ4n) is 8.18. The third-order valence-electron chi connectivity index (χ3n) is 12.2. The summed E-state index contributed by atoms with van der Waals surface area (Å²) in [5.41, 5.74) is 0. The molecule has 0 rings (SSSR count). The van der Waals surface area contributed by atoms with Crippen LogP contribution in [0.5, 0.6) is 0 Å². The fourth-order valence-corrected chi connectivity index (χ4v) is 8.18. The van der Waals surface area contributed by atoms with E-state index in [4.69, 9.17) is 0 Å². The molecule has 0 heterocycles. The van der Waals surface area contributed by atoms with E-state index in [9.17, 15) is 15.0 Å². The Balaban J connectivity index is 3.47. The van der Waals surface area contributed by atoms with Crippen molar-refractivity contribution < 1.29 is 15.0 Å². The molecule has 0 aliphatic heterocycles. The number of nitrogens with one attached hydrogen (secondary N) is 1. The second kappa shape index (κ2) is 49.2. The highest BCUT2D eigenvalue weighted by atomic mass is 16.3. The number of rotatable bonds is 48. The third-order valence-corrected chi connectivity index (χ3v) is 12.2. The zero-order valence-electron chi connectivity index (χ0n) is 38.9. The summed E-state index contributed by atoms with van der Waals surface area (Å²) in [6.45, 7) is 4.33. The predicted molar refractivity (Wildman–Crippen MR) is 253 cm³/mol. The number of aliphatic hydroxyl groups excluding tert-OH is 2. The van der Waals surface area contributed by atoms with E-state index in [2.05, 4.69) is 31.3 Å². The first kappa shape index (κ1) is 55.9. The molecule has 3 N–H and O–H groups in total. The number of hydrogen-bond donors (Lipinski definition) is 3. The Morgan fingerprint density at radius 2 is 0.667 bits per heavy atom. The molecule has 1 amide bonds. The van der Waals surface area contributed by atoms with E-state index < -0.39 is 12.1 Å². The van der Waals surface area contributed by atoms with Gasteiger partial charge in [-0.15, -0.1) is 0 Å². The highest BCUT2D eigenvalue weighted by molar-refractivity contribution is 5.76. The van der Waals surface area contributed by atoms with E-state index in [1.54, 1.807) is 6.08 Å². The number of allylic oxidation sites excluding steroid dienone is 3. The fraction of sp³-hybridized carbons (Fsp3) is 0.906. The maximum atomic E-state index is 12.4. The number of amides is 1. The lowest BCUT2D eigenvalue weighted by Gasteiger charge is -2.20. The van der Waals surface area contributed by atoms with Gasteiger partial charge in [0.1, 0.15) is 0 Å². The summed E-state index contributed by atoms with van der Waals surface area (Å²) in [7, 11) is 0. The van der Waals surface area contributed by atoms with E-state index in [0.717, 1.165) is 25.7 Å². The zero-order chi connectivity index (χ0) is 41.4. The molecule has 0 spiro atoms. The molecule has 0 aliphatic carbocycles. The van der Waals surface area contributed by atoms with Gasteiger partial charge in [0.05, 0.1) is 18.8 Å². The normalized spacial score (nSPS) is 13.0. The van der Waals surface area contributed by atoms with Gasteiger partial charge < -0.3 is 15.5 Å². The summed E-state index contributed by atoms with van der Waals surface area (Å²) in [6.07, 6.45) is 64.7. The highest BCUT2D eigenvalue weighted by Gasteiger charge is 2.18. The molecule has 0 saturated carbocycles. The van der Waals surface area contributed by atoms with Crippen LogP contribution in [0.25, 0.3) is 0 Å². The summed E-state index contributed by atoms with van der Waals surface area (Å²) in [5, 5.41) is 23.1. The number of carbonyl (C=O) groups is 1. The van der Waals surface area contributed by atoms with Crippen LogP contribution in [0.3, 0.4) is 0 Å². The first-order chi connectivity index (χ1) is 28.2. The van der Waals surface area contributed by atoms with Crippen LogP contribution < -0.4 is 5.32 Å². The van der Waals surface area contributed by atoms with Crippen molar-refractivity contribution in [3.05, 3.63) is 24.3 Å². The van der Waals surface area contributed by atoms with Gasteiger partial charge in [-0.25, -0.2) is 0 Å². The van der Waals surface area contributed by atoms with Gasteiger partial charge in [-0.2, -0.15) is 0 Å². The molecule has 0 fully saturated rings. The maximum Gasteiger partial charge on any atom is 0.220 e. The average Bonchev–Trinajstić information content (AvgIpc) is 3.22. The van der Waals surface area contributed by atoms with E-state index in [1.807, 2.05) is 6.08 Å². The number of hydrogen-bond acceptors (Lipinski definition) is 3. The first-order valence-electron chi connectivity index (χ1n) is 26.1. The van der Waals surface area contributed by atoms with Crippen LogP contribution in [0.2, 0.25) is 0 Å². The molecular formula is C53H103NO3.